The third-order valence-corrected chi connectivity index (χ3v) is 4.09. The molecular weight excluding hydrogens is 324 g/mol. The first-order chi connectivity index (χ1) is 11.6. The summed E-state index contributed by atoms with van der Waals surface area (Å²) >= 11 is 5.82. The standard InChI is InChI=1S/C19H17ClN2O2/c20-16-7-5-14(6-8-16)13-21-18(23)9-10-19(24)22-12-11-15-3-1-2-4-17(15)22/h1-8,11-12H,9-10,13H2,(H,21,23). The Kier molecular flexibility index (Phi) is 4.96. The van der Waals surface area contributed by atoms with E-state index in [1.807, 2.05) is 42.5 Å². The summed E-state index contributed by atoms with van der Waals surface area (Å²) in [6, 6.07) is 16.9. The van der Waals surface area contributed by atoms with E-state index in [1.165, 1.54) is 0 Å². The molecule has 24 heavy (non-hydrogen) atoms. The van der Waals surface area contributed by atoms with Gasteiger partial charge in [0.25, 0.3) is 0 Å². The summed E-state index contributed by atoms with van der Waals surface area (Å²) in [5.41, 5.74) is 1.83. The number of carbonyl (C=O) groups is 2. The Morgan fingerprint density at radius 3 is 2.50 bits per heavy atom. The molecule has 1 N–H and O–H groups in total. The Labute approximate surface area is 145 Å². The molecule has 0 aliphatic rings. The Morgan fingerprint density at radius 1 is 0.958 bits per heavy atom. The molecule has 1 heterocycles. The molecule has 0 saturated carbocycles. The van der Waals surface area contributed by atoms with Crippen molar-refractivity contribution < 1.29 is 9.59 Å². The number of rotatable bonds is 5. The van der Waals surface area contributed by atoms with Crippen LogP contribution in [0.15, 0.2) is 60.8 Å². The van der Waals surface area contributed by atoms with Crippen molar-refractivity contribution in [3.8, 4) is 0 Å². The molecule has 0 radical (unpaired) electrons. The largest absolute Gasteiger partial charge is 0.352 e. The second-order valence-corrected chi connectivity index (χ2v) is 5.98. The van der Waals surface area contributed by atoms with Crippen molar-refractivity contribution in [3.05, 3.63) is 71.4 Å². The minimum atomic E-state index is -0.144. The number of para-hydroxylation sites is 1. The van der Waals surface area contributed by atoms with Gasteiger partial charge >= 0.3 is 0 Å². The predicted octanol–water partition coefficient (Wildman–Crippen LogP) is 4.03. The van der Waals surface area contributed by atoms with Crippen molar-refractivity contribution in [1.82, 2.24) is 9.88 Å². The van der Waals surface area contributed by atoms with Gasteiger partial charge in [0.2, 0.25) is 11.8 Å². The number of amides is 1. The van der Waals surface area contributed by atoms with Crippen molar-refractivity contribution in [1.29, 1.82) is 0 Å². The molecule has 0 aliphatic carbocycles. The third kappa shape index (κ3) is 3.84. The van der Waals surface area contributed by atoms with Gasteiger partial charge in [-0.3, -0.25) is 14.2 Å². The topological polar surface area (TPSA) is 51.1 Å². The number of nitrogens with zero attached hydrogens (tertiary/aromatic N) is 1. The molecule has 0 unspecified atom stereocenters. The maximum Gasteiger partial charge on any atom is 0.231 e. The van der Waals surface area contributed by atoms with E-state index in [4.69, 9.17) is 11.6 Å². The second-order valence-electron chi connectivity index (χ2n) is 5.54. The molecule has 0 saturated heterocycles. The van der Waals surface area contributed by atoms with Crippen molar-refractivity contribution in [2.24, 2.45) is 0 Å². The van der Waals surface area contributed by atoms with Crippen LogP contribution in [0, 0.1) is 0 Å². The molecule has 5 heteroatoms. The highest BCUT2D eigenvalue weighted by Crippen LogP contribution is 2.16. The van der Waals surface area contributed by atoms with Crippen LogP contribution in [0.1, 0.15) is 23.2 Å². The van der Waals surface area contributed by atoms with E-state index >= 15 is 0 Å². The molecule has 122 valence electrons. The number of hydrogen-bond donors (Lipinski definition) is 1. The van der Waals surface area contributed by atoms with E-state index < -0.39 is 0 Å². The molecule has 4 nitrogen and oxygen atoms in total. The van der Waals surface area contributed by atoms with Crippen LogP contribution in [0.4, 0.5) is 0 Å². The lowest BCUT2D eigenvalue weighted by Crippen LogP contribution is -2.24. The van der Waals surface area contributed by atoms with Gasteiger partial charge in [0, 0.05) is 36.0 Å². The minimum Gasteiger partial charge on any atom is -0.352 e. The fourth-order valence-corrected chi connectivity index (χ4v) is 2.66. The maximum atomic E-state index is 12.3. The lowest BCUT2D eigenvalue weighted by atomic mass is 10.2. The first-order valence-electron chi connectivity index (χ1n) is 7.74. The average molecular weight is 341 g/mol. The number of fused-ring (bicyclic) bond motifs is 1. The van der Waals surface area contributed by atoms with Gasteiger partial charge < -0.3 is 5.32 Å². The molecule has 2 aromatic carbocycles. The summed E-state index contributed by atoms with van der Waals surface area (Å²) in [6.45, 7) is 0.427. The maximum absolute atomic E-state index is 12.3. The smallest absolute Gasteiger partial charge is 0.231 e. The molecule has 0 aliphatic heterocycles. The summed E-state index contributed by atoms with van der Waals surface area (Å²) < 4.78 is 1.60. The zero-order chi connectivity index (χ0) is 16.9. The van der Waals surface area contributed by atoms with Crippen molar-refractivity contribution in [2.45, 2.75) is 19.4 Å². The number of carbonyl (C=O) groups excluding carboxylic acids is 2. The fraction of sp³-hybridized carbons (Fsp3) is 0.158. The average Bonchev–Trinajstić information content (AvgIpc) is 3.03. The molecule has 0 fully saturated rings. The quantitative estimate of drug-likeness (QED) is 0.762. The highest BCUT2D eigenvalue weighted by molar-refractivity contribution is 6.30. The van der Waals surface area contributed by atoms with E-state index in [0.717, 1.165) is 16.5 Å². The molecule has 1 amide bonds. The van der Waals surface area contributed by atoms with Crippen LogP contribution in [0.3, 0.4) is 0 Å². The lowest BCUT2D eigenvalue weighted by Gasteiger charge is -2.06. The van der Waals surface area contributed by atoms with Crippen LogP contribution in [0.2, 0.25) is 5.02 Å². The molecule has 3 rings (SSSR count). The van der Waals surface area contributed by atoms with Crippen LogP contribution in [0.25, 0.3) is 10.9 Å². The van der Waals surface area contributed by atoms with Gasteiger partial charge in [-0.05, 0) is 29.8 Å². The molecular formula is C19H17ClN2O2. The van der Waals surface area contributed by atoms with Gasteiger partial charge in [0.05, 0.1) is 5.52 Å². The molecule has 0 atom stereocenters. The first kappa shape index (κ1) is 16.3. The SMILES string of the molecule is O=C(CCC(=O)n1ccc2ccccc21)NCc1ccc(Cl)cc1. The fourth-order valence-electron chi connectivity index (χ4n) is 2.53. The molecule has 3 aromatic rings. The monoisotopic (exact) mass is 340 g/mol. The minimum absolute atomic E-state index is 0.0853. The van der Waals surface area contributed by atoms with Crippen molar-refractivity contribution in [2.75, 3.05) is 0 Å². The highest BCUT2D eigenvalue weighted by Gasteiger charge is 2.11. The Bertz CT molecular complexity index is 868. The van der Waals surface area contributed by atoms with Gasteiger partial charge in [-0.25, -0.2) is 0 Å². The molecule has 1 aromatic heterocycles. The summed E-state index contributed by atoms with van der Waals surface area (Å²) in [7, 11) is 0. The number of benzene rings is 2. The summed E-state index contributed by atoms with van der Waals surface area (Å²) in [4.78, 5) is 24.2. The number of nitrogens with one attached hydrogen (secondary N) is 1. The normalized spacial score (nSPS) is 10.7. The zero-order valence-corrected chi connectivity index (χ0v) is 13.8. The Balaban J connectivity index is 1.52. The van der Waals surface area contributed by atoms with Crippen molar-refractivity contribution in [3.63, 3.8) is 0 Å². The van der Waals surface area contributed by atoms with Crippen LogP contribution in [-0.4, -0.2) is 16.4 Å². The van der Waals surface area contributed by atoms with E-state index in [-0.39, 0.29) is 24.7 Å². The van der Waals surface area contributed by atoms with Gasteiger partial charge in [-0.2, -0.15) is 0 Å². The predicted molar refractivity (Wildman–Crippen MR) is 95.1 cm³/mol. The summed E-state index contributed by atoms with van der Waals surface area (Å²) in [5, 5.41) is 4.49. The van der Waals surface area contributed by atoms with E-state index in [9.17, 15) is 9.59 Å². The number of aromatic nitrogens is 1. The van der Waals surface area contributed by atoms with E-state index in [2.05, 4.69) is 5.32 Å². The van der Waals surface area contributed by atoms with Gasteiger partial charge in [0.15, 0.2) is 0 Å². The van der Waals surface area contributed by atoms with Crippen LogP contribution < -0.4 is 5.32 Å². The number of halogens is 1. The van der Waals surface area contributed by atoms with Crippen LogP contribution >= 0.6 is 11.6 Å². The molecule has 0 bridgehead atoms. The van der Waals surface area contributed by atoms with Gasteiger partial charge in [-0.15, -0.1) is 0 Å². The third-order valence-electron chi connectivity index (χ3n) is 3.84. The first-order valence-corrected chi connectivity index (χ1v) is 8.12. The summed E-state index contributed by atoms with van der Waals surface area (Å²) in [5.74, 6) is -0.229. The van der Waals surface area contributed by atoms with E-state index in [1.54, 1.807) is 22.9 Å². The summed E-state index contributed by atoms with van der Waals surface area (Å²) in [6.07, 6.45) is 2.09. The van der Waals surface area contributed by atoms with E-state index in [0.29, 0.717) is 11.6 Å². The molecule has 0 spiro atoms. The number of hydrogen-bond acceptors (Lipinski definition) is 2. The zero-order valence-electron chi connectivity index (χ0n) is 13.0. The highest BCUT2D eigenvalue weighted by atomic mass is 35.5. The van der Waals surface area contributed by atoms with Crippen LogP contribution in [-0.2, 0) is 11.3 Å². The Morgan fingerprint density at radius 2 is 1.71 bits per heavy atom. The van der Waals surface area contributed by atoms with Gasteiger partial charge in [-0.1, -0.05) is 41.9 Å². The second kappa shape index (κ2) is 7.32. The van der Waals surface area contributed by atoms with Crippen molar-refractivity contribution >= 4 is 34.3 Å². The van der Waals surface area contributed by atoms with Gasteiger partial charge in [0.1, 0.15) is 0 Å². The lowest BCUT2D eigenvalue weighted by molar-refractivity contribution is -0.121. The Hall–Kier alpha value is -2.59. The van der Waals surface area contributed by atoms with Crippen LogP contribution in [0.5, 0.6) is 0 Å².